The highest BCUT2D eigenvalue weighted by atomic mass is 32.1. The van der Waals surface area contributed by atoms with Gasteiger partial charge >= 0.3 is 5.00 Å². The van der Waals surface area contributed by atoms with Crippen LogP contribution in [-0.2, 0) is 4.74 Å². The van der Waals surface area contributed by atoms with Crippen molar-refractivity contribution in [1.29, 1.82) is 0 Å². The minimum atomic E-state index is -0.484. The Morgan fingerprint density at radius 2 is 1.96 bits per heavy atom. The quantitative estimate of drug-likeness (QED) is 0.631. The summed E-state index contributed by atoms with van der Waals surface area (Å²) in [5.74, 6) is -0.285. The first-order valence-electron chi connectivity index (χ1n) is 8.04. The van der Waals surface area contributed by atoms with Gasteiger partial charge in [0.25, 0.3) is 5.91 Å². The number of thiophene rings is 1. The van der Waals surface area contributed by atoms with E-state index < -0.39 is 4.92 Å². The highest BCUT2D eigenvalue weighted by Gasteiger charge is 2.24. The first kappa shape index (κ1) is 17.5. The van der Waals surface area contributed by atoms with Gasteiger partial charge < -0.3 is 10.1 Å². The Kier molecular flexibility index (Phi) is 5.75. The van der Waals surface area contributed by atoms with E-state index >= 15 is 0 Å². The number of hydrogen-bond acceptors (Lipinski definition) is 6. The summed E-state index contributed by atoms with van der Waals surface area (Å²) in [7, 11) is 0. The second-order valence-corrected chi connectivity index (χ2v) is 6.74. The Morgan fingerprint density at radius 3 is 2.60 bits per heavy atom. The normalized spacial score (nSPS) is 16.3. The Morgan fingerprint density at radius 1 is 1.24 bits per heavy atom. The lowest BCUT2D eigenvalue weighted by molar-refractivity contribution is -0.380. The predicted molar refractivity (Wildman–Crippen MR) is 94.9 cm³/mol. The number of nitrogens with one attached hydrogen (secondary N) is 1. The fourth-order valence-corrected chi connectivity index (χ4v) is 3.58. The molecule has 1 atom stereocenters. The van der Waals surface area contributed by atoms with E-state index in [9.17, 15) is 14.9 Å². The predicted octanol–water partition coefficient (Wildman–Crippen LogP) is 2.46. The van der Waals surface area contributed by atoms with Gasteiger partial charge in [0, 0.05) is 25.7 Å². The number of morpholine rings is 1. The topological polar surface area (TPSA) is 84.7 Å². The fraction of sp³-hybridized carbons (Fsp3) is 0.353. The largest absolute Gasteiger partial charge is 0.379 e. The highest BCUT2D eigenvalue weighted by molar-refractivity contribution is 7.17. The molecular formula is C17H19N3O4S. The molecule has 132 valence electrons. The van der Waals surface area contributed by atoms with Crippen LogP contribution in [0, 0.1) is 10.1 Å². The van der Waals surface area contributed by atoms with Gasteiger partial charge in [0.05, 0.1) is 29.1 Å². The van der Waals surface area contributed by atoms with Crippen LogP contribution in [0.2, 0.25) is 0 Å². The van der Waals surface area contributed by atoms with Crippen molar-refractivity contribution in [3.05, 3.63) is 63.0 Å². The average Bonchev–Trinajstić information content (AvgIpc) is 3.14. The SMILES string of the molecule is O=C(NCC(c1ccccc1)N1CCOCC1)c1ccc([N+](=O)[O-])s1. The highest BCUT2D eigenvalue weighted by Crippen LogP contribution is 2.25. The standard InChI is InChI=1S/C17H19N3O4S/c21-17(15-6-7-16(25-15)20(22)23)18-12-14(13-4-2-1-3-5-13)19-8-10-24-11-9-19/h1-7,14H,8-12H2,(H,18,21). The summed E-state index contributed by atoms with van der Waals surface area (Å²) in [6, 6.07) is 12.9. The molecule has 2 aromatic rings. The second-order valence-electron chi connectivity index (χ2n) is 5.68. The molecule has 0 aliphatic carbocycles. The van der Waals surface area contributed by atoms with Crippen molar-refractivity contribution in [1.82, 2.24) is 10.2 Å². The number of hydrogen-bond donors (Lipinski definition) is 1. The lowest BCUT2D eigenvalue weighted by atomic mass is 10.0. The van der Waals surface area contributed by atoms with Crippen LogP contribution in [0.1, 0.15) is 21.3 Å². The number of benzene rings is 1. The summed E-state index contributed by atoms with van der Waals surface area (Å²) in [6.45, 7) is 3.40. The van der Waals surface area contributed by atoms with Crippen molar-refractivity contribution in [2.75, 3.05) is 32.8 Å². The van der Waals surface area contributed by atoms with Gasteiger partial charge in [0.15, 0.2) is 0 Å². The van der Waals surface area contributed by atoms with Gasteiger partial charge in [-0.2, -0.15) is 0 Å². The zero-order chi connectivity index (χ0) is 17.6. The summed E-state index contributed by atoms with van der Waals surface area (Å²) >= 11 is 0.887. The number of amides is 1. The minimum absolute atomic E-state index is 0.0297. The third-order valence-corrected chi connectivity index (χ3v) is 5.16. The van der Waals surface area contributed by atoms with E-state index in [4.69, 9.17) is 4.74 Å². The maximum atomic E-state index is 12.3. The van der Waals surface area contributed by atoms with Gasteiger partial charge in [-0.15, -0.1) is 0 Å². The maximum absolute atomic E-state index is 12.3. The number of rotatable bonds is 6. The summed E-state index contributed by atoms with van der Waals surface area (Å²) in [5, 5.41) is 13.6. The molecule has 25 heavy (non-hydrogen) atoms. The van der Waals surface area contributed by atoms with Crippen LogP contribution >= 0.6 is 11.3 Å². The zero-order valence-electron chi connectivity index (χ0n) is 13.6. The van der Waals surface area contributed by atoms with E-state index in [2.05, 4.69) is 10.2 Å². The summed E-state index contributed by atoms with van der Waals surface area (Å²) < 4.78 is 5.41. The first-order chi connectivity index (χ1) is 12.1. The lowest BCUT2D eigenvalue weighted by Gasteiger charge is -2.34. The van der Waals surface area contributed by atoms with Crippen LogP contribution in [0.3, 0.4) is 0 Å². The molecule has 1 fully saturated rings. The molecule has 0 bridgehead atoms. The number of carbonyl (C=O) groups excluding carboxylic acids is 1. The summed E-state index contributed by atoms with van der Waals surface area (Å²) in [5.41, 5.74) is 1.13. The molecule has 3 rings (SSSR count). The lowest BCUT2D eigenvalue weighted by Crippen LogP contribution is -2.43. The van der Waals surface area contributed by atoms with Crippen LogP contribution < -0.4 is 5.32 Å². The van der Waals surface area contributed by atoms with Gasteiger partial charge in [-0.3, -0.25) is 19.8 Å². The van der Waals surface area contributed by atoms with E-state index in [0.29, 0.717) is 24.6 Å². The molecule has 0 saturated carbocycles. The summed E-state index contributed by atoms with van der Waals surface area (Å²) in [6.07, 6.45) is 0. The smallest absolute Gasteiger partial charge is 0.324 e. The second kappa shape index (κ2) is 8.19. The molecule has 2 heterocycles. The molecule has 1 aromatic carbocycles. The maximum Gasteiger partial charge on any atom is 0.324 e. The first-order valence-corrected chi connectivity index (χ1v) is 8.86. The van der Waals surface area contributed by atoms with E-state index in [1.165, 1.54) is 12.1 Å². The third-order valence-electron chi connectivity index (χ3n) is 4.12. The average molecular weight is 361 g/mol. The number of nitro groups is 1. The minimum Gasteiger partial charge on any atom is -0.379 e. The Balaban J connectivity index is 1.69. The third kappa shape index (κ3) is 4.41. The van der Waals surface area contributed by atoms with Crippen LogP contribution in [0.5, 0.6) is 0 Å². The van der Waals surface area contributed by atoms with E-state index in [0.717, 1.165) is 30.0 Å². The van der Waals surface area contributed by atoms with Gasteiger partial charge in [0.1, 0.15) is 0 Å². The monoisotopic (exact) mass is 361 g/mol. The molecule has 0 radical (unpaired) electrons. The molecule has 0 spiro atoms. The van der Waals surface area contributed by atoms with Gasteiger partial charge in [-0.1, -0.05) is 41.7 Å². The summed E-state index contributed by atoms with van der Waals surface area (Å²) in [4.78, 5) is 25.2. The van der Waals surface area contributed by atoms with E-state index in [1.54, 1.807) is 0 Å². The van der Waals surface area contributed by atoms with Gasteiger partial charge in [-0.25, -0.2) is 0 Å². The zero-order valence-corrected chi connectivity index (χ0v) is 14.4. The van der Waals surface area contributed by atoms with E-state index in [-0.39, 0.29) is 17.0 Å². The van der Waals surface area contributed by atoms with Crippen molar-refractivity contribution in [2.24, 2.45) is 0 Å². The van der Waals surface area contributed by atoms with Crippen molar-refractivity contribution in [3.8, 4) is 0 Å². The number of nitrogens with zero attached hydrogens (tertiary/aromatic N) is 2. The molecule has 7 nitrogen and oxygen atoms in total. The molecule has 8 heteroatoms. The fourth-order valence-electron chi connectivity index (χ4n) is 2.85. The van der Waals surface area contributed by atoms with Crippen LogP contribution in [-0.4, -0.2) is 48.6 Å². The van der Waals surface area contributed by atoms with Crippen LogP contribution in [0.15, 0.2) is 42.5 Å². The molecule has 1 amide bonds. The van der Waals surface area contributed by atoms with E-state index in [1.807, 2.05) is 30.3 Å². The Labute approximate surface area is 149 Å². The van der Waals surface area contributed by atoms with Gasteiger partial charge in [-0.05, 0) is 11.6 Å². The van der Waals surface area contributed by atoms with Gasteiger partial charge in [0.2, 0.25) is 0 Å². The van der Waals surface area contributed by atoms with Crippen molar-refractivity contribution < 1.29 is 14.5 Å². The van der Waals surface area contributed by atoms with Crippen molar-refractivity contribution in [3.63, 3.8) is 0 Å². The number of carbonyl (C=O) groups is 1. The van der Waals surface area contributed by atoms with Crippen molar-refractivity contribution >= 4 is 22.2 Å². The molecule has 1 saturated heterocycles. The van der Waals surface area contributed by atoms with Crippen LogP contribution in [0.4, 0.5) is 5.00 Å². The van der Waals surface area contributed by atoms with Crippen molar-refractivity contribution in [2.45, 2.75) is 6.04 Å². The molecule has 1 aliphatic heterocycles. The number of ether oxygens (including phenoxy) is 1. The molecule has 1 aliphatic rings. The van der Waals surface area contributed by atoms with Crippen LogP contribution in [0.25, 0.3) is 0 Å². The Hall–Kier alpha value is -2.29. The molecule has 1 unspecified atom stereocenters. The molecule has 1 aromatic heterocycles. The Bertz CT molecular complexity index is 729. The molecule has 1 N–H and O–H groups in total. The molecular weight excluding hydrogens is 342 g/mol.